The Hall–Kier alpha value is -0.500. The average Bonchev–Trinajstić information content (AvgIpc) is 2.50. The number of hydrogen-bond donors (Lipinski definition) is 1. The first-order chi connectivity index (χ1) is 10.9. The standard InChI is InChI=1S/C16H22BrF3N2O.ClH/c1-2-23-15-4-3-12(17)11-13(15)14(5-6-16(18,19)20)22-9-7-21-8-10-22;/h3-4,11,14,21H,2,5-10H2,1H3;1H/t14-;/m1./s1. The van der Waals surface area contributed by atoms with Gasteiger partial charge in [-0.1, -0.05) is 15.9 Å². The molecular weight excluding hydrogens is 409 g/mol. The molecule has 0 bridgehead atoms. The molecule has 1 aliphatic heterocycles. The maximum Gasteiger partial charge on any atom is 0.389 e. The predicted molar refractivity (Wildman–Crippen MR) is 95.0 cm³/mol. The summed E-state index contributed by atoms with van der Waals surface area (Å²) in [7, 11) is 0. The largest absolute Gasteiger partial charge is 0.494 e. The molecule has 8 heteroatoms. The minimum atomic E-state index is -4.15. The summed E-state index contributed by atoms with van der Waals surface area (Å²) in [6, 6.07) is 5.27. The number of benzene rings is 1. The van der Waals surface area contributed by atoms with Crippen LogP contribution in [-0.2, 0) is 0 Å². The zero-order valence-corrected chi connectivity index (χ0v) is 15.9. The number of hydrogen-bond acceptors (Lipinski definition) is 3. The van der Waals surface area contributed by atoms with Gasteiger partial charge in [0.25, 0.3) is 0 Å². The number of ether oxygens (including phenoxy) is 1. The van der Waals surface area contributed by atoms with Crippen LogP contribution in [0.2, 0.25) is 0 Å². The van der Waals surface area contributed by atoms with Gasteiger partial charge in [-0.25, -0.2) is 0 Å². The van der Waals surface area contributed by atoms with E-state index in [1.165, 1.54) is 0 Å². The van der Waals surface area contributed by atoms with Crippen LogP contribution in [0.3, 0.4) is 0 Å². The van der Waals surface area contributed by atoms with Crippen molar-refractivity contribution >= 4 is 28.3 Å². The Labute approximate surface area is 155 Å². The highest BCUT2D eigenvalue weighted by Crippen LogP contribution is 2.37. The van der Waals surface area contributed by atoms with Gasteiger partial charge in [0.2, 0.25) is 0 Å². The molecule has 1 fully saturated rings. The monoisotopic (exact) mass is 430 g/mol. The van der Waals surface area contributed by atoms with Crippen molar-refractivity contribution in [2.45, 2.75) is 32.0 Å². The van der Waals surface area contributed by atoms with Crippen molar-refractivity contribution in [2.75, 3.05) is 32.8 Å². The second kappa shape index (κ2) is 9.85. The van der Waals surface area contributed by atoms with E-state index in [2.05, 4.69) is 26.1 Å². The lowest BCUT2D eigenvalue weighted by atomic mass is 9.98. The van der Waals surface area contributed by atoms with Crippen molar-refractivity contribution < 1.29 is 17.9 Å². The normalized spacial score (nSPS) is 17.2. The van der Waals surface area contributed by atoms with Crippen LogP contribution in [0.4, 0.5) is 13.2 Å². The van der Waals surface area contributed by atoms with Crippen LogP contribution in [0, 0.1) is 0 Å². The van der Waals surface area contributed by atoms with E-state index in [0.717, 1.165) is 36.2 Å². The number of nitrogens with one attached hydrogen (secondary N) is 1. The van der Waals surface area contributed by atoms with E-state index >= 15 is 0 Å². The molecule has 1 saturated heterocycles. The fraction of sp³-hybridized carbons (Fsp3) is 0.625. The van der Waals surface area contributed by atoms with Crippen LogP contribution in [0.5, 0.6) is 5.75 Å². The van der Waals surface area contributed by atoms with Gasteiger partial charge in [-0.05, 0) is 31.5 Å². The van der Waals surface area contributed by atoms with E-state index in [1.807, 2.05) is 25.1 Å². The Balaban J connectivity index is 0.00000288. The summed E-state index contributed by atoms with van der Waals surface area (Å²) < 4.78 is 44.8. The van der Waals surface area contributed by atoms with E-state index in [4.69, 9.17) is 4.74 Å². The van der Waals surface area contributed by atoms with Crippen LogP contribution in [0.25, 0.3) is 0 Å². The Morgan fingerprint density at radius 2 is 1.96 bits per heavy atom. The van der Waals surface area contributed by atoms with Crippen molar-refractivity contribution in [1.29, 1.82) is 0 Å². The molecule has 0 aromatic heterocycles. The third kappa shape index (κ3) is 6.43. The zero-order chi connectivity index (χ0) is 16.9. The van der Waals surface area contributed by atoms with Crippen molar-refractivity contribution in [3.63, 3.8) is 0 Å². The van der Waals surface area contributed by atoms with Gasteiger partial charge in [0.1, 0.15) is 5.75 Å². The van der Waals surface area contributed by atoms with Gasteiger partial charge in [0.05, 0.1) is 6.61 Å². The molecular formula is C16H23BrClF3N2O. The number of piperazine rings is 1. The summed E-state index contributed by atoms with van der Waals surface area (Å²) in [4.78, 5) is 2.12. The summed E-state index contributed by atoms with van der Waals surface area (Å²) in [6.45, 7) is 5.42. The lowest BCUT2D eigenvalue weighted by molar-refractivity contribution is -0.138. The smallest absolute Gasteiger partial charge is 0.389 e. The molecule has 0 spiro atoms. The maximum atomic E-state index is 12.8. The fourth-order valence-electron chi connectivity index (χ4n) is 2.90. The van der Waals surface area contributed by atoms with E-state index in [-0.39, 0.29) is 24.9 Å². The molecule has 0 aliphatic carbocycles. The van der Waals surface area contributed by atoms with Gasteiger partial charge in [-0.2, -0.15) is 13.2 Å². The molecule has 2 rings (SSSR count). The molecule has 1 aromatic rings. The molecule has 1 atom stereocenters. The SMILES string of the molecule is CCOc1ccc(Br)cc1[C@@H](CCC(F)(F)F)N1CCNCC1.Cl. The van der Waals surface area contributed by atoms with E-state index in [1.54, 1.807) is 0 Å². The van der Waals surface area contributed by atoms with Crippen molar-refractivity contribution in [1.82, 2.24) is 10.2 Å². The molecule has 1 aliphatic rings. The minimum Gasteiger partial charge on any atom is -0.494 e. The third-order valence-electron chi connectivity index (χ3n) is 3.92. The fourth-order valence-corrected chi connectivity index (χ4v) is 3.27. The van der Waals surface area contributed by atoms with E-state index in [0.29, 0.717) is 12.4 Å². The summed E-state index contributed by atoms with van der Waals surface area (Å²) in [5.74, 6) is 0.668. The number of halogens is 5. The van der Waals surface area contributed by atoms with Crippen LogP contribution >= 0.6 is 28.3 Å². The number of alkyl halides is 3. The van der Waals surface area contributed by atoms with Crippen molar-refractivity contribution in [3.05, 3.63) is 28.2 Å². The molecule has 0 radical (unpaired) electrons. The molecule has 3 nitrogen and oxygen atoms in total. The summed E-state index contributed by atoms with van der Waals surface area (Å²) in [5.41, 5.74) is 0.826. The van der Waals surface area contributed by atoms with E-state index < -0.39 is 12.6 Å². The molecule has 1 N–H and O–H groups in total. The maximum absolute atomic E-state index is 12.8. The van der Waals surface area contributed by atoms with Gasteiger partial charge in [-0.3, -0.25) is 4.90 Å². The summed E-state index contributed by atoms with van der Waals surface area (Å²) in [5, 5.41) is 3.24. The van der Waals surface area contributed by atoms with Gasteiger partial charge < -0.3 is 10.1 Å². The second-order valence-corrected chi connectivity index (χ2v) is 6.49. The zero-order valence-electron chi connectivity index (χ0n) is 13.5. The van der Waals surface area contributed by atoms with Gasteiger partial charge in [0.15, 0.2) is 0 Å². The lowest BCUT2D eigenvalue weighted by Gasteiger charge is -2.36. The van der Waals surface area contributed by atoms with Crippen LogP contribution < -0.4 is 10.1 Å². The first kappa shape index (κ1) is 21.5. The van der Waals surface area contributed by atoms with Crippen molar-refractivity contribution in [3.8, 4) is 5.75 Å². The van der Waals surface area contributed by atoms with Crippen molar-refractivity contribution in [2.24, 2.45) is 0 Å². The Morgan fingerprint density at radius 3 is 2.54 bits per heavy atom. The van der Waals surface area contributed by atoms with Gasteiger partial charge in [-0.15, -0.1) is 12.4 Å². The summed E-state index contributed by atoms with van der Waals surface area (Å²) in [6.07, 6.45) is -4.90. The molecule has 0 saturated carbocycles. The first-order valence-electron chi connectivity index (χ1n) is 7.84. The Kier molecular flexibility index (Phi) is 8.84. The van der Waals surface area contributed by atoms with Crippen LogP contribution in [-0.4, -0.2) is 43.9 Å². The minimum absolute atomic E-state index is 0. The van der Waals surface area contributed by atoms with Gasteiger partial charge >= 0.3 is 6.18 Å². The highest BCUT2D eigenvalue weighted by Gasteiger charge is 2.32. The molecule has 0 unspecified atom stereocenters. The Morgan fingerprint density at radius 1 is 1.29 bits per heavy atom. The molecule has 24 heavy (non-hydrogen) atoms. The second-order valence-electron chi connectivity index (χ2n) is 5.57. The highest BCUT2D eigenvalue weighted by molar-refractivity contribution is 9.10. The van der Waals surface area contributed by atoms with E-state index in [9.17, 15) is 13.2 Å². The average molecular weight is 432 g/mol. The van der Waals surface area contributed by atoms with Gasteiger partial charge in [0, 0.05) is 48.7 Å². The third-order valence-corrected chi connectivity index (χ3v) is 4.42. The quantitative estimate of drug-likeness (QED) is 0.715. The molecule has 0 amide bonds. The predicted octanol–water partition coefficient (Wildman–Crippen LogP) is 4.56. The summed E-state index contributed by atoms with van der Waals surface area (Å²) >= 11 is 3.42. The topological polar surface area (TPSA) is 24.5 Å². The molecule has 1 aromatic carbocycles. The lowest BCUT2D eigenvalue weighted by Crippen LogP contribution is -2.45. The highest BCUT2D eigenvalue weighted by atomic mass is 79.9. The van der Waals surface area contributed by atoms with Crippen LogP contribution in [0.15, 0.2) is 22.7 Å². The molecule has 138 valence electrons. The number of rotatable bonds is 6. The molecule has 1 heterocycles. The Bertz CT molecular complexity index is 511. The first-order valence-corrected chi connectivity index (χ1v) is 8.64. The van der Waals surface area contributed by atoms with Crippen LogP contribution in [0.1, 0.15) is 31.4 Å². The number of nitrogens with zero attached hydrogens (tertiary/aromatic N) is 1.